The average Bonchev–Trinajstić information content (AvgIpc) is 2.41. The van der Waals surface area contributed by atoms with Gasteiger partial charge in [-0.1, -0.05) is 12.0 Å². The molecule has 2 rings (SSSR count). The molecule has 1 fully saturated rings. The highest BCUT2D eigenvalue weighted by Gasteiger charge is 2.38. The van der Waals surface area contributed by atoms with Gasteiger partial charge in [-0.05, 0) is 39.7 Å². The van der Waals surface area contributed by atoms with Gasteiger partial charge in [-0.25, -0.2) is 9.59 Å². The maximum Gasteiger partial charge on any atom is 0.348 e. The Labute approximate surface area is 136 Å². The fourth-order valence-corrected chi connectivity index (χ4v) is 2.30. The van der Waals surface area contributed by atoms with Crippen LogP contribution in [0.2, 0.25) is 0 Å². The van der Waals surface area contributed by atoms with Crippen LogP contribution >= 0.6 is 15.9 Å². The summed E-state index contributed by atoms with van der Waals surface area (Å²) in [5, 5.41) is 0. The first kappa shape index (κ1) is 16.1. The van der Waals surface area contributed by atoms with Crippen LogP contribution in [0.15, 0.2) is 28.2 Å². The van der Waals surface area contributed by atoms with E-state index in [2.05, 4.69) is 21.9 Å². The molecule has 1 aromatic rings. The van der Waals surface area contributed by atoms with Gasteiger partial charge >= 0.3 is 11.9 Å². The first-order valence-electron chi connectivity index (χ1n) is 6.36. The summed E-state index contributed by atoms with van der Waals surface area (Å²) < 4.78 is 16.0. The lowest BCUT2D eigenvalue weighted by molar-refractivity contribution is -0.222. The summed E-state index contributed by atoms with van der Waals surface area (Å²) in [6, 6.07) is 5.06. The van der Waals surface area contributed by atoms with Crippen molar-refractivity contribution in [3.8, 4) is 18.1 Å². The highest BCUT2D eigenvalue weighted by molar-refractivity contribution is 9.10. The Bertz CT molecular complexity index is 675. The minimum Gasteiger partial charge on any atom is -0.480 e. The highest BCUT2D eigenvalue weighted by Crippen LogP contribution is 2.28. The van der Waals surface area contributed by atoms with Crippen molar-refractivity contribution in [1.29, 1.82) is 0 Å². The maximum atomic E-state index is 11.9. The summed E-state index contributed by atoms with van der Waals surface area (Å²) in [7, 11) is 0. The third-order valence-electron chi connectivity index (χ3n) is 2.69. The first-order valence-corrected chi connectivity index (χ1v) is 7.16. The Morgan fingerprint density at radius 3 is 2.50 bits per heavy atom. The molecule has 0 spiro atoms. The van der Waals surface area contributed by atoms with Gasteiger partial charge in [-0.15, -0.1) is 6.42 Å². The first-order chi connectivity index (χ1) is 10.3. The third kappa shape index (κ3) is 3.68. The van der Waals surface area contributed by atoms with E-state index in [1.165, 1.54) is 19.9 Å². The molecule has 114 valence electrons. The second-order valence-electron chi connectivity index (χ2n) is 4.92. The van der Waals surface area contributed by atoms with E-state index in [1.807, 2.05) is 0 Å². The van der Waals surface area contributed by atoms with Crippen molar-refractivity contribution < 1.29 is 23.8 Å². The molecule has 1 saturated heterocycles. The number of rotatable bonds is 3. The lowest BCUT2D eigenvalue weighted by atomic mass is 10.1. The Morgan fingerprint density at radius 2 is 1.95 bits per heavy atom. The van der Waals surface area contributed by atoms with Crippen LogP contribution in [0, 0.1) is 12.3 Å². The molecule has 0 aliphatic carbocycles. The Balaban J connectivity index is 2.26. The van der Waals surface area contributed by atoms with Crippen molar-refractivity contribution in [1.82, 2.24) is 0 Å². The molecule has 0 bridgehead atoms. The number of cyclic esters (lactones) is 2. The molecule has 6 heteroatoms. The number of carbonyl (C=O) groups excluding carboxylic acids is 2. The van der Waals surface area contributed by atoms with E-state index in [4.69, 9.17) is 20.6 Å². The summed E-state index contributed by atoms with van der Waals surface area (Å²) >= 11 is 3.34. The van der Waals surface area contributed by atoms with Crippen LogP contribution in [0.25, 0.3) is 6.08 Å². The molecule has 22 heavy (non-hydrogen) atoms. The summed E-state index contributed by atoms with van der Waals surface area (Å²) in [5.41, 5.74) is 0.451. The van der Waals surface area contributed by atoms with Crippen molar-refractivity contribution in [2.75, 3.05) is 6.61 Å². The fraction of sp³-hybridized carbons (Fsp3) is 0.250. The van der Waals surface area contributed by atoms with Crippen LogP contribution in [-0.2, 0) is 19.1 Å². The number of terminal acetylenes is 1. The largest absolute Gasteiger partial charge is 0.480 e. The summed E-state index contributed by atoms with van der Waals surface area (Å²) in [6.07, 6.45) is 6.53. The quantitative estimate of drug-likeness (QED) is 0.357. The highest BCUT2D eigenvalue weighted by atomic mass is 79.9. The van der Waals surface area contributed by atoms with Gasteiger partial charge in [-0.3, -0.25) is 0 Å². The molecule has 1 aliphatic rings. The fourth-order valence-electron chi connectivity index (χ4n) is 1.79. The minimum atomic E-state index is -1.25. The molecule has 0 radical (unpaired) electrons. The number of hydrogen-bond donors (Lipinski definition) is 0. The van der Waals surface area contributed by atoms with Crippen LogP contribution < -0.4 is 4.74 Å². The zero-order valence-corrected chi connectivity index (χ0v) is 13.6. The predicted octanol–water partition coefficient (Wildman–Crippen LogP) is 2.68. The van der Waals surface area contributed by atoms with Gasteiger partial charge in [0.05, 0.1) is 4.47 Å². The molecule has 0 unspecified atom stereocenters. The van der Waals surface area contributed by atoms with Gasteiger partial charge < -0.3 is 14.2 Å². The van der Waals surface area contributed by atoms with Crippen molar-refractivity contribution in [3.63, 3.8) is 0 Å². The normalized spacial score (nSPS) is 16.4. The molecular weight excluding hydrogens is 352 g/mol. The predicted molar refractivity (Wildman–Crippen MR) is 82.7 cm³/mol. The number of halogens is 1. The molecule has 1 aliphatic heterocycles. The van der Waals surface area contributed by atoms with E-state index in [0.29, 0.717) is 15.8 Å². The molecule has 0 atom stereocenters. The molecule has 1 aromatic carbocycles. The van der Waals surface area contributed by atoms with Crippen molar-refractivity contribution in [3.05, 3.63) is 33.8 Å². The van der Waals surface area contributed by atoms with Gasteiger partial charge in [0.1, 0.15) is 17.9 Å². The van der Waals surface area contributed by atoms with E-state index in [1.54, 1.807) is 18.2 Å². The van der Waals surface area contributed by atoms with Crippen molar-refractivity contribution in [2.45, 2.75) is 19.6 Å². The second-order valence-corrected chi connectivity index (χ2v) is 5.77. The number of ether oxygens (including phenoxy) is 3. The molecule has 0 amide bonds. The molecule has 0 N–H and O–H groups in total. The van der Waals surface area contributed by atoms with Crippen LogP contribution in [-0.4, -0.2) is 24.3 Å². The lowest BCUT2D eigenvalue weighted by Crippen LogP contribution is -2.41. The van der Waals surface area contributed by atoms with E-state index >= 15 is 0 Å². The maximum absolute atomic E-state index is 11.9. The Hall–Kier alpha value is -2.26. The lowest BCUT2D eigenvalue weighted by Gasteiger charge is -2.29. The molecule has 0 saturated carbocycles. The summed E-state index contributed by atoms with van der Waals surface area (Å²) in [5.74, 6) is 0.244. The van der Waals surface area contributed by atoms with Gasteiger partial charge in [0.15, 0.2) is 0 Å². The molecule has 1 heterocycles. The second kappa shape index (κ2) is 6.24. The van der Waals surface area contributed by atoms with E-state index < -0.39 is 17.7 Å². The number of benzene rings is 1. The topological polar surface area (TPSA) is 61.8 Å². The van der Waals surface area contributed by atoms with Gasteiger partial charge in [0.2, 0.25) is 0 Å². The van der Waals surface area contributed by atoms with Crippen molar-refractivity contribution >= 4 is 33.9 Å². The number of esters is 2. The van der Waals surface area contributed by atoms with E-state index in [-0.39, 0.29) is 12.2 Å². The summed E-state index contributed by atoms with van der Waals surface area (Å²) in [6.45, 7) is 3.13. The van der Waals surface area contributed by atoms with Crippen LogP contribution in [0.4, 0.5) is 0 Å². The van der Waals surface area contributed by atoms with Crippen molar-refractivity contribution in [2.24, 2.45) is 0 Å². The monoisotopic (exact) mass is 364 g/mol. The Kier molecular flexibility index (Phi) is 4.57. The van der Waals surface area contributed by atoms with Gasteiger partial charge in [0, 0.05) is 13.8 Å². The standard InChI is InChI=1S/C16H13BrO5/c1-4-7-20-13-6-5-10(9-12(13)17)8-11-14(18)21-16(2,3)22-15(11)19/h1,5-6,8-9H,7H2,2-3H3. The van der Waals surface area contributed by atoms with E-state index in [9.17, 15) is 9.59 Å². The smallest absolute Gasteiger partial charge is 0.348 e. The number of hydrogen-bond acceptors (Lipinski definition) is 5. The minimum absolute atomic E-state index is 0.146. The SMILES string of the molecule is C#CCOc1ccc(C=C2C(=O)OC(C)(C)OC2=O)cc1Br. The summed E-state index contributed by atoms with van der Waals surface area (Å²) in [4.78, 5) is 23.7. The zero-order valence-electron chi connectivity index (χ0n) is 12.0. The van der Waals surface area contributed by atoms with Gasteiger partial charge in [0.25, 0.3) is 5.79 Å². The third-order valence-corrected chi connectivity index (χ3v) is 3.31. The average molecular weight is 365 g/mol. The number of carbonyl (C=O) groups is 2. The van der Waals surface area contributed by atoms with Gasteiger partial charge in [-0.2, -0.15) is 0 Å². The van der Waals surface area contributed by atoms with Crippen LogP contribution in [0.3, 0.4) is 0 Å². The Morgan fingerprint density at radius 1 is 1.32 bits per heavy atom. The molecular formula is C16H13BrO5. The molecule has 0 aromatic heterocycles. The molecule has 5 nitrogen and oxygen atoms in total. The van der Waals surface area contributed by atoms with Crippen LogP contribution in [0.5, 0.6) is 5.75 Å². The van der Waals surface area contributed by atoms with Crippen LogP contribution in [0.1, 0.15) is 19.4 Å². The zero-order chi connectivity index (χ0) is 16.3. The van der Waals surface area contributed by atoms with E-state index in [0.717, 1.165) is 0 Å².